The zero-order valence-corrected chi connectivity index (χ0v) is 11.3. The number of benzene rings is 1. The second-order valence-corrected chi connectivity index (χ2v) is 4.59. The number of hydrogen-bond acceptors (Lipinski definition) is 3. The van der Waals surface area contributed by atoms with Gasteiger partial charge in [0.2, 0.25) is 5.95 Å². The van der Waals surface area contributed by atoms with Gasteiger partial charge in [-0.3, -0.25) is 4.57 Å². The number of aliphatic hydroxyl groups excluding tert-OH is 1. The van der Waals surface area contributed by atoms with Crippen molar-refractivity contribution in [2.45, 2.75) is 6.42 Å². The Kier molecular flexibility index (Phi) is 3.75. The molecule has 0 atom stereocenters. The lowest BCUT2D eigenvalue weighted by Gasteiger charge is -2.07. The predicted octanol–water partition coefficient (Wildman–Crippen LogP) is 2.65. The van der Waals surface area contributed by atoms with Crippen LogP contribution in [-0.4, -0.2) is 26.2 Å². The lowest BCUT2D eigenvalue weighted by Crippen LogP contribution is -2.04. The molecule has 1 N–H and O–H groups in total. The molecule has 1 aromatic carbocycles. The molecule has 4 nitrogen and oxygen atoms in total. The Morgan fingerprint density at radius 2 is 1.90 bits per heavy atom. The predicted molar refractivity (Wildman–Crippen MR) is 78.8 cm³/mol. The van der Waals surface area contributed by atoms with E-state index in [-0.39, 0.29) is 6.61 Å². The Morgan fingerprint density at radius 1 is 1.14 bits per heavy atom. The normalized spacial score (nSPS) is 11.5. The van der Waals surface area contributed by atoms with Crippen LogP contribution in [0.4, 0.5) is 4.39 Å². The molecule has 0 aliphatic carbocycles. The summed E-state index contributed by atoms with van der Waals surface area (Å²) in [7, 11) is 0. The zero-order chi connectivity index (χ0) is 14.7. The number of fused-ring (bicyclic) bond motifs is 1. The first kappa shape index (κ1) is 13.5. The van der Waals surface area contributed by atoms with Gasteiger partial charge in [0.15, 0.2) is 5.82 Å². The van der Waals surface area contributed by atoms with Crippen molar-refractivity contribution in [3.05, 3.63) is 66.4 Å². The zero-order valence-electron chi connectivity index (χ0n) is 11.3. The fourth-order valence-corrected chi connectivity index (χ4v) is 2.30. The Bertz CT molecular complexity index is 778. The van der Waals surface area contributed by atoms with E-state index in [1.54, 1.807) is 6.08 Å². The number of para-hydroxylation sites is 1. The van der Waals surface area contributed by atoms with Crippen LogP contribution >= 0.6 is 0 Å². The maximum Gasteiger partial charge on any atom is 0.234 e. The van der Waals surface area contributed by atoms with E-state index in [1.165, 1.54) is 0 Å². The summed E-state index contributed by atoms with van der Waals surface area (Å²) in [6.07, 6.45) is 6.52. The van der Waals surface area contributed by atoms with Crippen LogP contribution in [0.2, 0.25) is 0 Å². The lowest BCUT2D eigenvalue weighted by molar-refractivity contribution is 0.342. The van der Waals surface area contributed by atoms with Crippen molar-refractivity contribution >= 4 is 10.9 Å². The summed E-state index contributed by atoms with van der Waals surface area (Å²) >= 11 is 0. The molecule has 3 aromatic rings. The van der Waals surface area contributed by atoms with Crippen LogP contribution in [0.5, 0.6) is 0 Å². The van der Waals surface area contributed by atoms with E-state index in [0.29, 0.717) is 12.4 Å². The van der Waals surface area contributed by atoms with Gasteiger partial charge < -0.3 is 5.11 Å². The molecule has 0 spiro atoms. The summed E-state index contributed by atoms with van der Waals surface area (Å²) < 4.78 is 14.9. The van der Waals surface area contributed by atoms with Crippen LogP contribution in [-0.2, 0) is 6.42 Å². The fourth-order valence-electron chi connectivity index (χ4n) is 2.30. The molecular weight excluding hydrogens is 269 g/mol. The molecule has 0 aliphatic rings. The smallest absolute Gasteiger partial charge is 0.234 e. The highest BCUT2D eigenvalue weighted by molar-refractivity contribution is 5.82. The second-order valence-electron chi connectivity index (χ2n) is 4.59. The minimum absolute atomic E-state index is 0.00722. The number of hydrogen-bond donors (Lipinski definition) is 1. The summed E-state index contributed by atoms with van der Waals surface area (Å²) in [5.41, 5.74) is 1.95. The molecule has 0 saturated heterocycles. The quantitative estimate of drug-likeness (QED) is 0.749. The van der Waals surface area contributed by atoms with E-state index in [9.17, 15) is 4.39 Å². The van der Waals surface area contributed by atoms with E-state index in [1.807, 2.05) is 41.0 Å². The van der Waals surface area contributed by atoms with Gasteiger partial charge in [-0.05, 0) is 12.1 Å². The molecule has 0 saturated carbocycles. The topological polar surface area (TPSA) is 50.9 Å². The Labute approximate surface area is 121 Å². The van der Waals surface area contributed by atoms with E-state index in [2.05, 4.69) is 9.97 Å². The van der Waals surface area contributed by atoms with Crippen LogP contribution in [0.15, 0.2) is 54.9 Å². The Balaban J connectivity index is 2.15. The largest absolute Gasteiger partial charge is 0.392 e. The number of halogens is 1. The molecule has 2 heterocycles. The van der Waals surface area contributed by atoms with E-state index >= 15 is 0 Å². The molecule has 0 fully saturated rings. The van der Waals surface area contributed by atoms with Gasteiger partial charge in [-0.25, -0.2) is 14.4 Å². The fraction of sp³-hybridized carbons (Fsp3) is 0.125. The van der Waals surface area contributed by atoms with E-state index in [4.69, 9.17) is 5.11 Å². The molecule has 0 bridgehead atoms. The summed E-state index contributed by atoms with van der Waals surface area (Å²) in [5, 5.41) is 9.91. The van der Waals surface area contributed by atoms with E-state index < -0.39 is 5.82 Å². The molecule has 2 aromatic heterocycles. The third kappa shape index (κ3) is 2.68. The highest BCUT2D eigenvalue weighted by Gasteiger charge is 2.11. The number of aliphatic hydroxyl groups is 1. The minimum Gasteiger partial charge on any atom is -0.392 e. The monoisotopic (exact) mass is 283 g/mol. The number of nitrogens with zero attached hydrogens (tertiary/aromatic N) is 3. The Morgan fingerprint density at radius 3 is 2.67 bits per heavy atom. The standard InChI is InChI=1S/C16H14FN3O/c17-13-10-18-16(19-11-13)20-14(6-3-4-8-21)9-12-5-1-2-7-15(12)20/h1-5,7,9-11,21H,6,8H2/b4-3+. The van der Waals surface area contributed by atoms with Crippen molar-refractivity contribution in [1.29, 1.82) is 0 Å². The number of rotatable bonds is 4. The number of aromatic nitrogens is 3. The molecule has 0 amide bonds. The van der Waals surface area contributed by atoms with Crippen molar-refractivity contribution in [2.75, 3.05) is 6.61 Å². The summed E-state index contributed by atoms with van der Waals surface area (Å²) in [6, 6.07) is 9.93. The molecule has 21 heavy (non-hydrogen) atoms. The summed E-state index contributed by atoms with van der Waals surface area (Å²) in [6.45, 7) is 0.00722. The second kappa shape index (κ2) is 5.85. The van der Waals surface area contributed by atoms with Gasteiger partial charge in [0.05, 0.1) is 24.5 Å². The van der Waals surface area contributed by atoms with Gasteiger partial charge in [-0.1, -0.05) is 30.4 Å². The van der Waals surface area contributed by atoms with Gasteiger partial charge in [-0.15, -0.1) is 0 Å². The average molecular weight is 283 g/mol. The van der Waals surface area contributed by atoms with Crippen LogP contribution in [0.3, 0.4) is 0 Å². The summed E-state index contributed by atoms with van der Waals surface area (Å²) in [5.74, 6) is -0.0260. The maximum absolute atomic E-state index is 13.0. The molecule has 0 unspecified atom stereocenters. The van der Waals surface area contributed by atoms with Crippen LogP contribution < -0.4 is 0 Å². The SMILES string of the molecule is OC/C=C/Cc1cc2ccccc2n1-c1ncc(F)cn1. The summed E-state index contributed by atoms with van der Waals surface area (Å²) in [4.78, 5) is 8.13. The first-order valence-electron chi connectivity index (χ1n) is 6.63. The molecule has 0 aliphatic heterocycles. The highest BCUT2D eigenvalue weighted by atomic mass is 19.1. The molecule has 106 valence electrons. The van der Waals surface area contributed by atoms with Crippen molar-refractivity contribution < 1.29 is 9.50 Å². The van der Waals surface area contributed by atoms with Crippen molar-refractivity contribution in [2.24, 2.45) is 0 Å². The van der Waals surface area contributed by atoms with Gasteiger partial charge in [0, 0.05) is 17.5 Å². The van der Waals surface area contributed by atoms with Gasteiger partial charge in [0.1, 0.15) is 0 Å². The maximum atomic E-state index is 13.0. The minimum atomic E-state index is -0.461. The molecule has 3 rings (SSSR count). The first-order valence-corrected chi connectivity index (χ1v) is 6.63. The molecule has 0 radical (unpaired) electrons. The van der Waals surface area contributed by atoms with Gasteiger partial charge in [0.25, 0.3) is 0 Å². The van der Waals surface area contributed by atoms with Crippen molar-refractivity contribution in [3.63, 3.8) is 0 Å². The third-order valence-electron chi connectivity index (χ3n) is 3.19. The lowest BCUT2D eigenvalue weighted by atomic mass is 10.2. The molecular formula is C16H14FN3O. The van der Waals surface area contributed by atoms with Gasteiger partial charge >= 0.3 is 0 Å². The van der Waals surface area contributed by atoms with E-state index in [0.717, 1.165) is 29.0 Å². The third-order valence-corrected chi connectivity index (χ3v) is 3.19. The van der Waals surface area contributed by atoms with Gasteiger partial charge in [-0.2, -0.15) is 0 Å². The molecule has 5 heteroatoms. The van der Waals surface area contributed by atoms with Crippen LogP contribution in [0.25, 0.3) is 16.9 Å². The van der Waals surface area contributed by atoms with Crippen LogP contribution in [0.1, 0.15) is 5.69 Å². The first-order chi connectivity index (χ1) is 10.3. The Hall–Kier alpha value is -2.53. The van der Waals surface area contributed by atoms with Crippen molar-refractivity contribution in [3.8, 4) is 5.95 Å². The number of allylic oxidation sites excluding steroid dienone is 1. The highest BCUT2D eigenvalue weighted by Crippen LogP contribution is 2.23. The average Bonchev–Trinajstić information content (AvgIpc) is 2.87. The van der Waals surface area contributed by atoms with Crippen LogP contribution in [0, 0.1) is 5.82 Å². The van der Waals surface area contributed by atoms with Crippen molar-refractivity contribution in [1.82, 2.24) is 14.5 Å².